The molecule has 0 fully saturated rings. The highest BCUT2D eigenvalue weighted by molar-refractivity contribution is 9.10. The van der Waals surface area contributed by atoms with Crippen LogP contribution in [0.15, 0.2) is 29.0 Å². The van der Waals surface area contributed by atoms with Crippen LogP contribution >= 0.6 is 15.9 Å². The van der Waals surface area contributed by atoms with Crippen molar-refractivity contribution >= 4 is 21.7 Å². The van der Waals surface area contributed by atoms with E-state index in [0.29, 0.717) is 4.47 Å². The minimum absolute atomic E-state index is 0.193. The highest BCUT2D eigenvalue weighted by Gasteiger charge is 2.09. The Morgan fingerprint density at radius 2 is 2.43 bits per heavy atom. The molecule has 14 heavy (non-hydrogen) atoms. The Morgan fingerprint density at radius 1 is 1.71 bits per heavy atom. The molecule has 0 aromatic carbocycles. The number of ketones is 1. The average Bonchev–Trinajstić information content (AvgIpc) is 2.14. The number of halogens is 2. The SMILES string of the molecule is CN/C=C/C(=O)c1ncc(F)cc1Br. The predicted molar refractivity (Wildman–Crippen MR) is 54.4 cm³/mol. The van der Waals surface area contributed by atoms with Crippen molar-refractivity contribution in [3.63, 3.8) is 0 Å². The van der Waals surface area contributed by atoms with E-state index in [2.05, 4.69) is 26.2 Å². The molecule has 0 bridgehead atoms. The van der Waals surface area contributed by atoms with Crippen molar-refractivity contribution in [1.82, 2.24) is 10.3 Å². The third-order valence-corrected chi connectivity index (χ3v) is 2.05. The number of hydrogen-bond donors (Lipinski definition) is 1. The number of allylic oxidation sites excluding steroid dienone is 1. The molecule has 0 unspecified atom stereocenters. The van der Waals surface area contributed by atoms with Crippen LogP contribution < -0.4 is 5.32 Å². The highest BCUT2D eigenvalue weighted by atomic mass is 79.9. The van der Waals surface area contributed by atoms with Gasteiger partial charge in [-0.1, -0.05) is 0 Å². The van der Waals surface area contributed by atoms with Crippen molar-refractivity contribution in [3.05, 3.63) is 40.5 Å². The second-order valence-corrected chi connectivity index (χ2v) is 3.32. The Morgan fingerprint density at radius 3 is 3.00 bits per heavy atom. The van der Waals surface area contributed by atoms with Crippen LogP contribution in [0.25, 0.3) is 0 Å². The van der Waals surface area contributed by atoms with Crippen LogP contribution in [0.1, 0.15) is 10.5 Å². The van der Waals surface area contributed by atoms with Crippen molar-refractivity contribution in [3.8, 4) is 0 Å². The number of rotatable bonds is 3. The third-order valence-electron chi connectivity index (χ3n) is 1.44. The number of carbonyl (C=O) groups excluding carboxylic acids is 1. The van der Waals surface area contributed by atoms with Crippen molar-refractivity contribution in [2.45, 2.75) is 0 Å². The van der Waals surface area contributed by atoms with Gasteiger partial charge in [0.05, 0.1) is 10.7 Å². The minimum atomic E-state index is -0.481. The van der Waals surface area contributed by atoms with Crippen molar-refractivity contribution < 1.29 is 9.18 Å². The first-order valence-electron chi connectivity index (χ1n) is 3.84. The first-order chi connectivity index (χ1) is 6.65. The van der Waals surface area contributed by atoms with E-state index in [1.807, 2.05) is 0 Å². The Hall–Kier alpha value is -1.23. The summed E-state index contributed by atoms with van der Waals surface area (Å²) in [4.78, 5) is 15.1. The van der Waals surface area contributed by atoms with E-state index in [0.717, 1.165) is 6.20 Å². The number of aromatic nitrogens is 1. The van der Waals surface area contributed by atoms with Crippen LogP contribution in [0.3, 0.4) is 0 Å². The maximum atomic E-state index is 12.6. The van der Waals surface area contributed by atoms with Crippen LogP contribution in [0, 0.1) is 5.82 Å². The van der Waals surface area contributed by atoms with Gasteiger partial charge in [0.1, 0.15) is 11.5 Å². The molecule has 0 aliphatic rings. The van der Waals surface area contributed by atoms with Gasteiger partial charge >= 0.3 is 0 Å². The molecule has 1 aromatic heterocycles. The molecular weight excluding hydrogens is 251 g/mol. The summed E-state index contributed by atoms with van der Waals surface area (Å²) in [5, 5.41) is 2.68. The lowest BCUT2D eigenvalue weighted by atomic mass is 10.2. The Kier molecular flexibility index (Phi) is 3.76. The first-order valence-corrected chi connectivity index (χ1v) is 4.63. The summed E-state index contributed by atoms with van der Waals surface area (Å²) in [6, 6.07) is 1.20. The molecular formula is C9H8BrFN2O. The van der Waals surface area contributed by atoms with Gasteiger partial charge in [-0.2, -0.15) is 0 Å². The molecule has 74 valence electrons. The van der Waals surface area contributed by atoms with E-state index >= 15 is 0 Å². The molecule has 0 aliphatic carbocycles. The quantitative estimate of drug-likeness (QED) is 0.665. The molecule has 3 nitrogen and oxygen atoms in total. The van der Waals surface area contributed by atoms with Gasteiger partial charge in [0.25, 0.3) is 0 Å². The lowest BCUT2D eigenvalue weighted by Crippen LogP contribution is -2.02. The van der Waals surface area contributed by atoms with Crippen molar-refractivity contribution in [2.24, 2.45) is 0 Å². The fraction of sp³-hybridized carbons (Fsp3) is 0.111. The van der Waals surface area contributed by atoms with Gasteiger partial charge < -0.3 is 5.32 Å². The van der Waals surface area contributed by atoms with E-state index in [1.54, 1.807) is 7.05 Å². The molecule has 0 saturated carbocycles. The fourth-order valence-corrected chi connectivity index (χ4v) is 1.35. The molecule has 0 aliphatic heterocycles. The topological polar surface area (TPSA) is 42.0 Å². The van der Waals surface area contributed by atoms with Gasteiger partial charge in [0.2, 0.25) is 5.78 Å². The van der Waals surface area contributed by atoms with Gasteiger partial charge in [-0.05, 0) is 22.0 Å². The Labute approximate surface area is 89.2 Å². The number of pyridine rings is 1. The maximum absolute atomic E-state index is 12.6. The van der Waals surface area contributed by atoms with Gasteiger partial charge in [0.15, 0.2) is 0 Å². The second kappa shape index (κ2) is 4.85. The number of nitrogens with one attached hydrogen (secondary N) is 1. The number of hydrogen-bond acceptors (Lipinski definition) is 3. The highest BCUT2D eigenvalue weighted by Crippen LogP contribution is 2.16. The average molecular weight is 259 g/mol. The van der Waals surface area contributed by atoms with Crippen LogP contribution in [0.5, 0.6) is 0 Å². The van der Waals surface area contributed by atoms with E-state index in [4.69, 9.17) is 0 Å². The van der Waals surface area contributed by atoms with Gasteiger partial charge in [-0.3, -0.25) is 4.79 Å². The lowest BCUT2D eigenvalue weighted by molar-refractivity contribution is 0.104. The molecule has 1 aromatic rings. The largest absolute Gasteiger partial charge is 0.394 e. The summed E-state index contributed by atoms with van der Waals surface area (Å²) in [6.07, 6.45) is 3.82. The monoisotopic (exact) mass is 258 g/mol. The van der Waals surface area contributed by atoms with E-state index in [9.17, 15) is 9.18 Å². The molecule has 1 rings (SSSR count). The molecule has 0 radical (unpaired) electrons. The molecule has 0 atom stereocenters. The summed E-state index contributed by atoms with van der Waals surface area (Å²) < 4.78 is 13.0. The normalized spacial score (nSPS) is 10.5. The molecule has 0 spiro atoms. The summed E-state index contributed by atoms with van der Waals surface area (Å²) in [6.45, 7) is 0. The van der Waals surface area contributed by atoms with Gasteiger partial charge in [0, 0.05) is 19.3 Å². The first kappa shape index (κ1) is 10.8. The second-order valence-electron chi connectivity index (χ2n) is 2.47. The zero-order valence-corrected chi connectivity index (χ0v) is 9.01. The van der Waals surface area contributed by atoms with Crippen molar-refractivity contribution in [1.29, 1.82) is 0 Å². The summed E-state index contributed by atoms with van der Waals surface area (Å²) in [5.41, 5.74) is 0.193. The van der Waals surface area contributed by atoms with E-state index < -0.39 is 5.82 Å². The summed E-state index contributed by atoms with van der Waals surface area (Å²) >= 11 is 3.06. The fourth-order valence-electron chi connectivity index (χ4n) is 0.834. The van der Waals surface area contributed by atoms with Crippen molar-refractivity contribution in [2.75, 3.05) is 7.05 Å². The van der Waals surface area contributed by atoms with Crippen LogP contribution in [0.2, 0.25) is 0 Å². The van der Waals surface area contributed by atoms with Gasteiger partial charge in [-0.15, -0.1) is 0 Å². The predicted octanol–water partition coefficient (Wildman–Crippen LogP) is 1.90. The van der Waals surface area contributed by atoms with Crippen LogP contribution in [-0.2, 0) is 0 Å². The van der Waals surface area contributed by atoms with E-state index in [1.165, 1.54) is 18.3 Å². The molecule has 1 N–H and O–H groups in total. The molecule has 1 heterocycles. The zero-order chi connectivity index (χ0) is 10.6. The number of nitrogens with zero attached hydrogens (tertiary/aromatic N) is 1. The van der Waals surface area contributed by atoms with Crippen LogP contribution in [-0.4, -0.2) is 17.8 Å². The number of carbonyl (C=O) groups is 1. The standard InChI is InChI=1S/C9H8BrFN2O/c1-12-3-2-8(14)9-7(10)4-6(11)5-13-9/h2-5,12H,1H3/b3-2+. The maximum Gasteiger partial charge on any atom is 0.206 e. The molecule has 0 saturated heterocycles. The molecule has 5 heteroatoms. The minimum Gasteiger partial charge on any atom is -0.394 e. The van der Waals surface area contributed by atoms with E-state index in [-0.39, 0.29) is 11.5 Å². The summed E-state index contributed by atoms with van der Waals surface area (Å²) in [5.74, 6) is -0.766. The lowest BCUT2D eigenvalue weighted by Gasteiger charge is -1.98. The van der Waals surface area contributed by atoms with Gasteiger partial charge in [-0.25, -0.2) is 9.37 Å². The smallest absolute Gasteiger partial charge is 0.206 e. The third kappa shape index (κ3) is 2.63. The molecule has 0 amide bonds. The summed E-state index contributed by atoms with van der Waals surface area (Å²) in [7, 11) is 1.68. The Balaban J connectivity index is 2.96. The zero-order valence-electron chi connectivity index (χ0n) is 7.42. The Bertz CT molecular complexity index is 379. The van der Waals surface area contributed by atoms with Crippen LogP contribution in [0.4, 0.5) is 4.39 Å².